The maximum Gasteiger partial charge on any atom is 0.220 e. The second-order valence-corrected chi connectivity index (χ2v) is 9.18. The van der Waals surface area contributed by atoms with Crippen LogP contribution in [0, 0.1) is 5.92 Å². The summed E-state index contributed by atoms with van der Waals surface area (Å²) in [5.41, 5.74) is 2.37. The molecule has 2 heterocycles. The molecule has 4 rings (SSSR count). The van der Waals surface area contributed by atoms with E-state index in [1.54, 1.807) is 0 Å². The van der Waals surface area contributed by atoms with E-state index in [2.05, 4.69) is 26.7 Å². The highest BCUT2D eigenvalue weighted by Gasteiger charge is 2.22. The maximum absolute atomic E-state index is 12.2. The van der Waals surface area contributed by atoms with Crippen LogP contribution in [0.25, 0.3) is 0 Å². The molecule has 1 N–H and O–H groups in total. The number of carbonyl (C=O) groups excluding carboxylic acids is 1. The Hall–Kier alpha value is -2.44. The van der Waals surface area contributed by atoms with Crippen LogP contribution in [0.4, 0.5) is 5.13 Å². The first-order chi connectivity index (χ1) is 15.2. The minimum absolute atomic E-state index is 0.141. The van der Waals surface area contributed by atoms with E-state index in [0.717, 1.165) is 66.9 Å². The van der Waals surface area contributed by atoms with E-state index < -0.39 is 0 Å². The van der Waals surface area contributed by atoms with Crippen LogP contribution in [0.5, 0.6) is 0 Å². The third-order valence-electron chi connectivity index (χ3n) is 5.69. The number of carbonyl (C=O) groups is 1. The summed E-state index contributed by atoms with van der Waals surface area (Å²) in [7, 11) is 0. The summed E-state index contributed by atoms with van der Waals surface area (Å²) in [4.78, 5) is 19.2. The number of hydrogen-bond donors (Lipinski definition) is 1. The number of nitrogens with zero attached hydrogens (tertiary/aromatic N) is 3. The van der Waals surface area contributed by atoms with Gasteiger partial charge in [-0.15, -0.1) is 0 Å². The molecule has 1 fully saturated rings. The topological polar surface area (TPSA) is 58.1 Å². The summed E-state index contributed by atoms with van der Waals surface area (Å²) >= 11 is 7.43. The Labute approximate surface area is 192 Å². The van der Waals surface area contributed by atoms with E-state index >= 15 is 0 Å². The van der Waals surface area contributed by atoms with Crippen molar-refractivity contribution in [3.05, 3.63) is 76.6 Å². The van der Waals surface area contributed by atoms with Gasteiger partial charge in [0.15, 0.2) is 0 Å². The third-order valence-corrected chi connectivity index (χ3v) is 6.76. The van der Waals surface area contributed by atoms with Crippen molar-refractivity contribution in [2.45, 2.75) is 32.1 Å². The monoisotopic (exact) mass is 454 g/mol. The first kappa shape index (κ1) is 21.8. The largest absolute Gasteiger partial charge is 0.356 e. The lowest BCUT2D eigenvalue weighted by Crippen LogP contribution is -2.38. The average Bonchev–Trinajstić information content (AvgIpc) is 3.27. The molecule has 3 aromatic rings. The smallest absolute Gasteiger partial charge is 0.220 e. The molecule has 7 heteroatoms. The van der Waals surface area contributed by atoms with Gasteiger partial charge in [-0.3, -0.25) is 4.79 Å². The van der Waals surface area contributed by atoms with Gasteiger partial charge in [0, 0.05) is 49.0 Å². The second kappa shape index (κ2) is 10.7. The molecule has 5 nitrogen and oxygen atoms in total. The first-order valence-corrected chi connectivity index (χ1v) is 11.9. The Morgan fingerprint density at radius 1 is 1.06 bits per heavy atom. The number of aromatic nitrogens is 2. The minimum Gasteiger partial charge on any atom is -0.356 e. The molecule has 0 saturated carbocycles. The van der Waals surface area contributed by atoms with Gasteiger partial charge in [0.05, 0.1) is 0 Å². The molecule has 0 aliphatic carbocycles. The Kier molecular flexibility index (Phi) is 7.54. The van der Waals surface area contributed by atoms with Crippen LogP contribution in [0.15, 0.2) is 54.6 Å². The second-order valence-electron chi connectivity index (χ2n) is 8.02. The fourth-order valence-corrected chi connectivity index (χ4v) is 4.67. The summed E-state index contributed by atoms with van der Waals surface area (Å²) in [6.45, 7) is 2.68. The molecule has 0 radical (unpaired) electrons. The van der Waals surface area contributed by atoms with Gasteiger partial charge in [0.1, 0.15) is 5.82 Å². The van der Waals surface area contributed by atoms with Crippen LogP contribution in [0.3, 0.4) is 0 Å². The summed E-state index contributed by atoms with van der Waals surface area (Å²) < 4.78 is 4.53. The first-order valence-electron chi connectivity index (χ1n) is 10.8. The zero-order chi connectivity index (χ0) is 21.5. The molecular formula is C24H27ClN4OS. The van der Waals surface area contributed by atoms with Crippen LogP contribution in [-0.4, -0.2) is 34.9 Å². The van der Waals surface area contributed by atoms with Gasteiger partial charge in [-0.05, 0) is 48.4 Å². The Morgan fingerprint density at radius 2 is 1.81 bits per heavy atom. The molecule has 0 unspecified atom stereocenters. The van der Waals surface area contributed by atoms with Gasteiger partial charge in [-0.25, -0.2) is 4.98 Å². The van der Waals surface area contributed by atoms with Crippen LogP contribution in [-0.2, 0) is 17.6 Å². The lowest BCUT2D eigenvalue weighted by molar-refractivity contribution is -0.121. The molecule has 31 heavy (non-hydrogen) atoms. The van der Waals surface area contributed by atoms with E-state index in [1.807, 2.05) is 42.5 Å². The van der Waals surface area contributed by atoms with Crippen LogP contribution in [0.1, 0.15) is 36.2 Å². The van der Waals surface area contributed by atoms with Crippen molar-refractivity contribution in [2.24, 2.45) is 5.92 Å². The highest BCUT2D eigenvalue weighted by Crippen LogP contribution is 2.25. The summed E-state index contributed by atoms with van der Waals surface area (Å²) in [5, 5.41) is 4.86. The van der Waals surface area contributed by atoms with Gasteiger partial charge < -0.3 is 10.2 Å². The molecule has 1 aliphatic heterocycles. The predicted molar refractivity (Wildman–Crippen MR) is 127 cm³/mol. The van der Waals surface area contributed by atoms with E-state index in [1.165, 1.54) is 17.1 Å². The van der Waals surface area contributed by atoms with Crippen molar-refractivity contribution in [1.82, 2.24) is 14.7 Å². The van der Waals surface area contributed by atoms with Crippen LogP contribution < -0.4 is 10.2 Å². The zero-order valence-electron chi connectivity index (χ0n) is 17.5. The zero-order valence-corrected chi connectivity index (χ0v) is 19.0. The lowest BCUT2D eigenvalue weighted by atomic mass is 9.97. The Balaban J connectivity index is 1.18. The Morgan fingerprint density at radius 3 is 2.55 bits per heavy atom. The molecule has 2 aromatic carbocycles. The number of hydrogen-bond acceptors (Lipinski definition) is 5. The minimum atomic E-state index is 0.141. The van der Waals surface area contributed by atoms with E-state index in [-0.39, 0.29) is 5.91 Å². The van der Waals surface area contributed by atoms with E-state index in [0.29, 0.717) is 12.3 Å². The highest BCUT2D eigenvalue weighted by atomic mass is 35.5. The lowest BCUT2D eigenvalue weighted by Gasteiger charge is -2.31. The van der Waals surface area contributed by atoms with Crippen LogP contribution >= 0.6 is 23.1 Å². The number of benzene rings is 2. The van der Waals surface area contributed by atoms with Crippen molar-refractivity contribution < 1.29 is 4.79 Å². The Bertz CT molecular complexity index is 969. The highest BCUT2D eigenvalue weighted by molar-refractivity contribution is 7.09. The SMILES string of the molecule is O=C(CCc1ccccc1)NCC1CCN(c2nc(Cc3ccc(Cl)cc3)ns2)CC1. The van der Waals surface area contributed by atoms with Crippen molar-refractivity contribution in [3.63, 3.8) is 0 Å². The van der Waals surface area contributed by atoms with Crippen molar-refractivity contribution in [1.29, 1.82) is 0 Å². The molecule has 0 atom stereocenters. The number of aryl methyl sites for hydroxylation is 1. The average molecular weight is 455 g/mol. The molecule has 0 spiro atoms. The van der Waals surface area contributed by atoms with Gasteiger partial charge in [0.25, 0.3) is 0 Å². The van der Waals surface area contributed by atoms with Crippen LogP contribution in [0.2, 0.25) is 5.02 Å². The summed E-state index contributed by atoms with van der Waals surface area (Å²) in [6.07, 6.45) is 4.18. The standard InChI is InChI=1S/C24H27ClN4OS/c25-21-9-6-19(7-10-21)16-22-27-24(31-28-22)29-14-12-20(13-15-29)17-26-23(30)11-8-18-4-2-1-3-5-18/h1-7,9-10,20H,8,11-17H2,(H,26,30). The van der Waals surface area contributed by atoms with Gasteiger partial charge in [0.2, 0.25) is 11.0 Å². The third kappa shape index (κ3) is 6.52. The normalized spacial score (nSPS) is 14.5. The van der Waals surface area contributed by atoms with E-state index in [9.17, 15) is 4.79 Å². The van der Waals surface area contributed by atoms with Gasteiger partial charge >= 0.3 is 0 Å². The summed E-state index contributed by atoms with van der Waals surface area (Å²) in [6, 6.07) is 18.0. The quantitative estimate of drug-likeness (QED) is 0.533. The van der Waals surface area contributed by atoms with Crippen molar-refractivity contribution in [2.75, 3.05) is 24.5 Å². The molecule has 162 valence electrons. The molecule has 1 aliphatic rings. The van der Waals surface area contributed by atoms with Crippen molar-refractivity contribution >= 4 is 34.2 Å². The maximum atomic E-state index is 12.2. The number of halogens is 1. The van der Waals surface area contributed by atoms with Gasteiger partial charge in [-0.2, -0.15) is 4.37 Å². The molecule has 1 saturated heterocycles. The molecule has 0 bridgehead atoms. The summed E-state index contributed by atoms with van der Waals surface area (Å²) in [5.74, 6) is 1.52. The van der Waals surface area contributed by atoms with Crippen molar-refractivity contribution in [3.8, 4) is 0 Å². The molecular weight excluding hydrogens is 428 g/mol. The number of anilines is 1. The molecule has 1 aromatic heterocycles. The predicted octanol–water partition coefficient (Wildman–Crippen LogP) is 4.75. The van der Waals surface area contributed by atoms with Gasteiger partial charge in [-0.1, -0.05) is 54.1 Å². The fourth-order valence-electron chi connectivity index (χ4n) is 3.81. The van der Waals surface area contributed by atoms with E-state index in [4.69, 9.17) is 16.6 Å². The fraction of sp³-hybridized carbons (Fsp3) is 0.375. The molecule has 1 amide bonds. The number of rotatable bonds is 8. The number of nitrogens with one attached hydrogen (secondary N) is 1. The number of piperidine rings is 1. The number of amides is 1.